The minimum absolute atomic E-state index is 0.461. The highest BCUT2D eigenvalue weighted by Gasteiger charge is 2.06. The molecular weight excluding hydrogens is 338 g/mol. The van der Waals surface area contributed by atoms with Crippen molar-refractivity contribution in [2.24, 2.45) is 4.99 Å². The van der Waals surface area contributed by atoms with Gasteiger partial charge in [0.05, 0.1) is 13.2 Å². The minimum Gasteiger partial charge on any atom is -0.497 e. The number of hydrogen-bond donors (Lipinski definition) is 3. The molecule has 0 bridgehead atoms. The highest BCUT2D eigenvalue weighted by atomic mass is 16.5. The molecule has 2 aromatic rings. The molecule has 5 nitrogen and oxygen atoms in total. The molecule has 0 aliphatic heterocycles. The molecular formula is C22H31N3O2. The van der Waals surface area contributed by atoms with Crippen LogP contribution in [-0.4, -0.2) is 37.8 Å². The first kappa shape index (κ1) is 20.8. The van der Waals surface area contributed by atoms with Gasteiger partial charge in [-0.05, 0) is 49.4 Å². The molecule has 0 heterocycles. The standard InChI is InChI=1S/C22H31N3O2/c1-3-23-22(25-17-15-21(26)19-9-5-4-6-10-19)24-16-7-8-18-11-13-20(27-2)14-12-18/h4-6,9-14,21,26H,3,7-8,15-17H2,1-2H3,(H2,23,24,25). The lowest BCUT2D eigenvalue weighted by molar-refractivity contribution is 0.168. The summed E-state index contributed by atoms with van der Waals surface area (Å²) >= 11 is 0. The number of aliphatic imine (C=N–C) groups is 1. The second kappa shape index (κ2) is 12.0. The molecule has 0 fully saturated rings. The molecule has 5 heteroatoms. The first-order chi connectivity index (χ1) is 13.2. The van der Waals surface area contributed by atoms with Crippen molar-refractivity contribution in [1.82, 2.24) is 10.6 Å². The summed E-state index contributed by atoms with van der Waals surface area (Å²) < 4.78 is 5.18. The zero-order valence-corrected chi connectivity index (χ0v) is 16.3. The smallest absolute Gasteiger partial charge is 0.191 e. The lowest BCUT2D eigenvalue weighted by Gasteiger charge is -2.14. The van der Waals surface area contributed by atoms with Crippen LogP contribution >= 0.6 is 0 Å². The van der Waals surface area contributed by atoms with Gasteiger partial charge in [0, 0.05) is 19.6 Å². The van der Waals surface area contributed by atoms with Crippen molar-refractivity contribution in [2.45, 2.75) is 32.3 Å². The summed E-state index contributed by atoms with van der Waals surface area (Å²) in [5, 5.41) is 16.8. The maximum Gasteiger partial charge on any atom is 0.191 e. The minimum atomic E-state index is -0.461. The summed E-state index contributed by atoms with van der Waals surface area (Å²) in [6, 6.07) is 17.9. The van der Waals surface area contributed by atoms with Gasteiger partial charge in [0.25, 0.3) is 0 Å². The van der Waals surface area contributed by atoms with E-state index in [9.17, 15) is 5.11 Å². The third-order valence-electron chi connectivity index (χ3n) is 4.29. The Kier molecular flexibility index (Phi) is 9.21. The Labute approximate surface area is 162 Å². The number of nitrogens with one attached hydrogen (secondary N) is 2. The van der Waals surface area contributed by atoms with Gasteiger partial charge in [-0.25, -0.2) is 0 Å². The molecule has 0 aliphatic carbocycles. The Balaban J connectivity index is 1.72. The zero-order chi connectivity index (χ0) is 19.3. The summed E-state index contributed by atoms with van der Waals surface area (Å²) in [5.74, 6) is 1.68. The molecule has 27 heavy (non-hydrogen) atoms. The molecule has 0 saturated carbocycles. The number of aryl methyl sites for hydroxylation is 1. The van der Waals surface area contributed by atoms with Crippen molar-refractivity contribution >= 4 is 5.96 Å². The van der Waals surface area contributed by atoms with Gasteiger partial charge in [-0.15, -0.1) is 0 Å². The number of aliphatic hydroxyl groups is 1. The predicted molar refractivity (Wildman–Crippen MR) is 111 cm³/mol. The van der Waals surface area contributed by atoms with E-state index in [1.54, 1.807) is 7.11 Å². The topological polar surface area (TPSA) is 65.9 Å². The van der Waals surface area contributed by atoms with E-state index in [0.717, 1.165) is 43.2 Å². The van der Waals surface area contributed by atoms with Gasteiger partial charge in [-0.3, -0.25) is 4.99 Å². The summed E-state index contributed by atoms with van der Waals surface area (Å²) in [7, 11) is 1.68. The number of ether oxygens (including phenoxy) is 1. The van der Waals surface area contributed by atoms with E-state index in [1.165, 1.54) is 5.56 Å². The third-order valence-corrected chi connectivity index (χ3v) is 4.29. The van der Waals surface area contributed by atoms with Crippen LogP contribution in [0.1, 0.15) is 37.0 Å². The molecule has 0 amide bonds. The predicted octanol–water partition coefficient (Wildman–Crippen LogP) is 3.31. The first-order valence-electron chi connectivity index (χ1n) is 9.61. The fourth-order valence-electron chi connectivity index (χ4n) is 2.78. The zero-order valence-electron chi connectivity index (χ0n) is 16.3. The molecule has 0 spiro atoms. The van der Waals surface area contributed by atoms with Gasteiger partial charge in [0.15, 0.2) is 5.96 Å². The van der Waals surface area contributed by atoms with E-state index in [2.05, 4.69) is 27.8 Å². The first-order valence-corrected chi connectivity index (χ1v) is 9.61. The molecule has 1 atom stereocenters. The van der Waals surface area contributed by atoms with Crippen LogP contribution in [0.4, 0.5) is 0 Å². The largest absolute Gasteiger partial charge is 0.497 e. The van der Waals surface area contributed by atoms with Crippen LogP contribution in [0.5, 0.6) is 5.75 Å². The molecule has 0 saturated heterocycles. The number of hydrogen-bond acceptors (Lipinski definition) is 3. The van der Waals surface area contributed by atoms with Crippen LogP contribution in [0.25, 0.3) is 0 Å². The van der Waals surface area contributed by atoms with Gasteiger partial charge < -0.3 is 20.5 Å². The second-order valence-corrected chi connectivity index (χ2v) is 6.35. The molecule has 0 aromatic heterocycles. The van der Waals surface area contributed by atoms with Crippen LogP contribution in [0.3, 0.4) is 0 Å². The van der Waals surface area contributed by atoms with Gasteiger partial charge >= 0.3 is 0 Å². The number of aliphatic hydroxyl groups excluding tert-OH is 1. The van der Waals surface area contributed by atoms with E-state index in [0.29, 0.717) is 13.0 Å². The number of nitrogens with zero attached hydrogens (tertiary/aromatic N) is 1. The normalized spacial score (nSPS) is 12.5. The van der Waals surface area contributed by atoms with Crippen molar-refractivity contribution in [1.29, 1.82) is 0 Å². The molecule has 146 valence electrons. The van der Waals surface area contributed by atoms with Crippen LogP contribution in [0.15, 0.2) is 59.6 Å². The highest BCUT2D eigenvalue weighted by Crippen LogP contribution is 2.15. The Bertz CT molecular complexity index is 672. The van der Waals surface area contributed by atoms with Crippen molar-refractivity contribution in [2.75, 3.05) is 26.7 Å². The number of benzene rings is 2. The molecule has 3 N–H and O–H groups in total. The van der Waals surface area contributed by atoms with Crippen molar-refractivity contribution in [3.63, 3.8) is 0 Å². The number of rotatable bonds is 10. The average Bonchev–Trinajstić information content (AvgIpc) is 2.72. The van der Waals surface area contributed by atoms with Crippen LogP contribution in [0.2, 0.25) is 0 Å². The van der Waals surface area contributed by atoms with Gasteiger partial charge in [0.2, 0.25) is 0 Å². The van der Waals surface area contributed by atoms with Gasteiger partial charge in [0.1, 0.15) is 5.75 Å². The summed E-state index contributed by atoms with van der Waals surface area (Å²) in [6.07, 6.45) is 2.15. The molecule has 0 radical (unpaired) electrons. The van der Waals surface area contributed by atoms with Crippen LogP contribution in [0, 0.1) is 0 Å². The monoisotopic (exact) mass is 369 g/mol. The molecule has 2 rings (SSSR count). The fraction of sp³-hybridized carbons (Fsp3) is 0.409. The molecule has 2 aromatic carbocycles. The summed E-state index contributed by atoms with van der Waals surface area (Å²) in [6.45, 7) is 4.28. The van der Waals surface area contributed by atoms with Crippen molar-refractivity contribution < 1.29 is 9.84 Å². The van der Waals surface area contributed by atoms with Crippen LogP contribution in [-0.2, 0) is 6.42 Å². The Morgan fingerprint density at radius 3 is 2.48 bits per heavy atom. The summed E-state index contributed by atoms with van der Waals surface area (Å²) in [5.41, 5.74) is 2.23. The number of methoxy groups -OCH3 is 1. The van der Waals surface area contributed by atoms with E-state index >= 15 is 0 Å². The van der Waals surface area contributed by atoms with E-state index in [-0.39, 0.29) is 0 Å². The lowest BCUT2D eigenvalue weighted by atomic mass is 10.1. The van der Waals surface area contributed by atoms with Gasteiger partial charge in [-0.2, -0.15) is 0 Å². The Hall–Kier alpha value is -2.53. The Morgan fingerprint density at radius 1 is 1.07 bits per heavy atom. The SMILES string of the molecule is CCNC(=NCCCc1ccc(OC)cc1)NCCC(O)c1ccccc1. The quantitative estimate of drug-likeness (QED) is 0.341. The van der Waals surface area contributed by atoms with Gasteiger partial charge in [-0.1, -0.05) is 42.5 Å². The van der Waals surface area contributed by atoms with E-state index < -0.39 is 6.10 Å². The maximum atomic E-state index is 10.2. The van der Waals surface area contributed by atoms with E-state index in [1.807, 2.05) is 49.4 Å². The highest BCUT2D eigenvalue weighted by molar-refractivity contribution is 5.79. The fourth-order valence-corrected chi connectivity index (χ4v) is 2.78. The summed E-state index contributed by atoms with van der Waals surface area (Å²) in [4.78, 5) is 4.62. The van der Waals surface area contributed by atoms with Crippen molar-refractivity contribution in [3.8, 4) is 5.75 Å². The van der Waals surface area contributed by atoms with Crippen molar-refractivity contribution in [3.05, 3.63) is 65.7 Å². The number of guanidine groups is 1. The second-order valence-electron chi connectivity index (χ2n) is 6.35. The molecule has 1 unspecified atom stereocenters. The van der Waals surface area contributed by atoms with E-state index in [4.69, 9.17) is 4.74 Å². The Morgan fingerprint density at radius 2 is 1.81 bits per heavy atom. The lowest BCUT2D eigenvalue weighted by Crippen LogP contribution is -2.38. The maximum absolute atomic E-state index is 10.2. The van der Waals surface area contributed by atoms with Crippen LogP contribution < -0.4 is 15.4 Å². The molecule has 0 aliphatic rings. The average molecular weight is 370 g/mol. The third kappa shape index (κ3) is 7.71.